The Kier molecular flexibility index (Phi) is 5.25. The molecule has 2 aromatic rings. The number of hydrogen-bond donors (Lipinski definition) is 1. The van der Waals surface area contributed by atoms with E-state index in [1.807, 2.05) is 37.1 Å². The Hall–Kier alpha value is -2.05. The number of benzene rings is 1. The number of H-pyrrole nitrogens is 1. The zero-order valence-electron chi connectivity index (χ0n) is 15.7. The second-order valence-corrected chi connectivity index (χ2v) is 7.60. The van der Waals surface area contributed by atoms with E-state index in [2.05, 4.69) is 4.98 Å². The molecule has 1 aliphatic rings. The Morgan fingerprint density at radius 3 is 2.73 bits per heavy atom. The maximum Gasteiger partial charge on any atom is 0.241 e. The van der Waals surface area contributed by atoms with E-state index in [1.165, 1.54) is 0 Å². The van der Waals surface area contributed by atoms with Crippen molar-refractivity contribution in [3.8, 4) is 0 Å². The van der Waals surface area contributed by atoms with Gasteiger partial charge in [-0.05, 0) is 37.7 Å². The molecule has 3 rings (SSSR count). The molecule has 0 bridgehead atoms. The van der Waals surface area contributed by atoms with Gasteiger partial charge in [-0.3, -0.25) is 14.5 Å². The average Bonchev–Trinajstić information content (AvgIpc) is 2.89. The van der Waals surface area contributed by atoms with Gasteiger partial charge in [-0.25, -0.2) is 0 Å². The summed E-state index contributed by atoms with van der Waals surface area (Å²) in [5, 5.41) is 1.64. The molecular weight excluding hydrogens is 352 g/mol. The SMILES string of the molecule is Cc1[nH]c2ccc(Cl)cc2c1CC(=O)N1CCN(C)[C@H](C(=O)N(C)C)C1. The quantitative estimate of drug-likeness (QED) is 0.890. The molecule has 0 saturated carbocycles. The van der Waals surface area contributed by atoms with E-state index in [-0.39, 0.29) is 17.9 Å². The molecule has 2 amide bonds. The maximum atomic E-state index is 12.9. The van der Waals surface area contributed by atoms with Crippen molar-refractivity contribution in [3.05, 3.63) is 34.5 Å². The summed E-state index contributed by atoms with van der Waals surface area (Å²) in [5.41, 5.74) is 2.93. The number of aromatic nitrogens is 1. The van der Waals surface area contributed by atoms with Gasteiger partial charge in [-0.15, -0.1) is 0 Å². The lowest BCUT2D eigenvalue weighted by Crippen LogP contribution is -2.58. The van der Waals surface area contributed by atoms with Crippen molar-refractivity contribution in [1.82, 2.24) is 19.7 Å². The van der Waals surface area contributed by atoms with Crippen LogP contribution in [0, 0.1) is 6.92 Å². The Morgan fingerprint density at radius 2 is 2.04 bits per heavy atom. The third kappa shape index (κ3) is 3.57. The number of halogens is 1. The minimum atomic E-state index is -0.291. The fraction of sp³-hybridized carbons (Fsp3) is 0.474. The Balaban J connectivity index is 1.79. The molecule has 7 heteroatoms. The average molecular weight is 377 g/mol. The molecule has 1 aromatic carbocycles. The molecule has 6 nitrogen and oxygen atoms in total. The molecule has 0 unspecified atom stereocenters. The van der Waals surface area contributed by atoms with Crippen LogP contribution < -0.4 is 0 Å². The van der Waals surface area contributed by atoms with E-state index in [0.717, 1.165) is 22.2 Å². The van der Waals surface area contributed by atoms with E-state index < -0.39 is 0 Å². The van der Waals surface area contributed by atoms with Crippen LogP contribution in [0.15, 0.2) is 18.2 Å². The Bertz CT molecular complexity index is 845. The van der Waals surface area contributed by atoms with Gasteiger partial charge in [0, 0.05) is 55.3 Å². The van der Waals surface area contributed by atoms with Gasteiger partial charge in [0.05, 0.1) is 6.42 Å². The number of carbonyl (C=O) groups excluding carboxylic acids is 2. The molecular formula is C19H25ClN4O2. The smallest absolute Gasteiger partial charge is 0.241 e. The lowest BCUT2D eigenvalue weighted by molar-refractivity contribution is -0.141. The monoisotopic (exact) mass is 376 g/mol. The van der Waals surface area contributed by atoms with E-state index in [9.17, 15) is 9.59 Å². The second kappa shape index (κ2) is 7.29. The first-order valence-corrected chi connectivity index (χ1v) is 9.11. The van der Waals surface area contributed by atoms with Gasteiger partial charge in [0.15, 0.2) is 0 Å². The number of aryl methyl sites for hydroxylation is 1. The fourth-order valence-corrected chi connectivity index (χ4v) is 3.68. The lowest BCUT2D eigenvalue weighted by atomic mass is 10.1. The standard InChI is InChI=1S/C19H25ClN4O2/c1-12-14(15-9-13(20)5-6-16(15)21-12)10-18(25)24-8-7-23(4)17(11-24)19(26)22(2)3/h5-6,9,17,21H,7-8,10-11H2,1-4H3/t17-/m0/s1. The van der Waals surface area contributed by atoms with Crippen molar-refractivity contribution in [2.75, 3.05) is 40.8 Å². The molecule has 1 aromatic heterocycles. The van der Waals surface area contributed by atoms with Crippen LogP contribution in [-0.4, -0.2) is 78.3 Å². The Morgan fingerprint density at radius 1 is 1.31 bits per heavy atom. The fourth-order valence-electron chi connectivity index (χ4n) is 3.51. The third-order valence-corrected chi connectivity index (χ3v) is 5.37. The molecule has 0 aliphatic carbocycles. The van der Waals surface area contributed by atoms with Crippen molar-refractivity contribution in [1.29, 1.82) is 0 Å². The molecule has 0 radical (unpaired) electrons. The highest BCUT2D eigenvalue weighted by Crippen LogP contribution is 2.26. The first-order valence-electron chi connectivity index (χ1n) is 8.74. The predicted molar refractivity (Wildman–Crippen MR) is 103 cm³/mol. The van der Waals surface area contributed by atoms with Gasteiger partial charge in [-0.1, -0.05) is 11.6 Å². The van der Waals surface area contributed by atoms with E-state index in [1.54, 1.807) is 23.9 Å². The number of fused-ring (bicyclic) bond motifs is 1. The van der Waals surface area contributed by atoms with Crippen molar-refractivity contribution >= 4 is 34.3 Å². The van der Waals surface area contributed by atoms with Gasteiger partial charge >= 0.3 is 0 Å². The number of nitrogens with zero attached hydrogens (tertiary/aromatic N) is 3. The van der Waals surface area contributed by atoms with E-state index in [4.69, 9.17) is 11.6 Å². The summed E-state index contributed by atoms with van der Waals surface area (Å²) in [7, 11) is 5.42. The molecule has 140 valence electrons. The van der Waals surface area contributed by atoms with Gasteiger partial charge in [0.25, 0.3) is 0 Å². The summed E-state index contributed by atoms with van der Waals surface area (Å²) in [6.07, 6.45) is 0.304. The van der Waals surface area contributed by atoms with Crippen LogP contribution in [0.2, 0.25) is 5.02 Å². The maximum absolute atomic E-state index is 12.9. The molecule has 1 aliphatic heterocycles. The van der Waals surface area contributed by atoms with Crippen LogP contribution >= 0.6 is 11.6 Å². The first kappa shape index (κ1) is 18.7. The molecule has 1 saturated heterocycles. The second-order valence-electron chi connectivity index (χ2n) is 7.16. The van der Waals surface area contributed by atoms with Gasteiger partial charge in [0.1, 0.15) is 6.04 Å². The predicted octanol–water partition coefficient (Wildman–Crippen LogP) is 1.90. The zero-order chi connectivity index (χ0) is 19.0. The summed E-state index contributed by atoms with van der Waals surface area (Å²) in [6.45, 7) is 3.72. The molecule has 0 spiro atoms. The molecule has 1 fully saturated rings. The molecule has 26 heavy (non-hydrogen) atoms. The highest BCUT2D eigenvalue weighted by atomic mass is 35.5. The molecule has 1 atom stereocenters. The van der Waals surface area contributed by atoms with Crippen molar-refractivity contribution in [3.63, 3.8) is 0 Å². The lowest BCUT2D eigenvalue weighted by Gasteiger charge is -2.39. The van der Waals surface area contributed by atoms with Gasteiger partial charge in [-0.2, -0.15) is 0 Å². The van der Waals surface area contributed by atoms with Gasteiger partial charge < -0.3 is 14.8 Å². The number of nitrogens with one attached hydrogen (secondary N) is 1. The molecule has 2 heterocycles. The van der Waals surface area contributed by atoms with Crippen LogP contribution in [0.25, 0.3) is 10.9 Å². The van der Waals surface area contributed by atoms with Crippen LogP contribution in [0.5, 0.6) is 0 Å². The van der Waals surface area contributed by atoms with E-state index in [0.29, 0.717) is 31.1 Å². The van der Waals surface area contributed by atoms with Crippen LogP contribution in [0.4, 0.5) is 0 Å². The van der Waals surface area contributed by atoms with Crippen LogP contribution in [0.1, 0.15) is 11.3 Å². The summed E-state index contributed by atoms with van der Waals surface area (Å²) >= 11 is 6.13. The van der Waals surface area contributed by atoms with Crippen molar-refractivity contribution in [2.24, 2.45) is 0 Å². The minimum absolute atomic E-state index is 0.0278. The summed E-state index contributed by atoms with van der Waals surface area (Å²) < 4.78 is 0. The van der Waals surface area contributed by atoms with Crippen LogP contribution in [-0.2, 0) is 16.0 Å². The third-order valence-electron chi connectivity index (χ3n) is 5.14. The largest absolute Gasteiger partial charge is 0.358 e. The highest BCUT2D eigenvalue weighted by Gasteiger charge is 2.33. The molecule has 1 N–H and O–H groups in total. The number of piperazine rings is 1. The number of carbonyl (C=O) groups is 2. The number of aromatic amines is 1. The normalized spacial score (nSPS) is 18.3. The summed E-state index contributed by atoms with van der Waals surface area (Å²) in [4.78, 5) is 34.0. The van der Waals surface area contributed by atoms with Gasteiger partial charge in [0.2, 0.25) is 11.8 Å². The minimum Gasteiger partial charge on any atom is -0.358 e. The number of rotatable bonds is 3. The number of likely N-dealkylation sites (N-methyl/N-ethyl adjacent to an activating group) is 2. The highest BCUT2D eigenvalue weighted by molar-refractivity contribution is 6.31. The van der Waals surface area contributed by atoms with E-state index >= 15 is 0 Å². The number of hydrogen-bond acceptors (Lipinski definition) is 3. The van der Waals surface area contributed by atoms with Crippen molar-refractivity contribution in [2.45, 2.75) is 19.4 Å². The van der Waals surface area contributed by atoms with Crippen molar-refractivity contribution < 1.29 is 9.59 Å². The topological polar surface area (TPSA) is 59.7 Å². The number of amides is 2. The summed E-state index contributed by atoms with van der Waals surface area (Å²) in [6, 6.07) is 5.37. The Labute approximate surface area is 158 Å². The van der Waals surface area contributed by atoms with Crippen LogP contribution in [0.3, 0.4) is 0 Å². The first-order chi connectivity index (χ1) is 12.3. The zero-order valence-corrected chi connectivity index (χ0v) is 16.4. The summed E-state index contributed by atoms with van der Waals surface area (Å²) in [5.74, 6) is 0.0682.